The Bertz CT molecular complexity index is 646. The van der Waals surface area contributed by atoms with Gasteiger partial charge in [0.2, 0.25) is 0 Å². The lowest BCUT2D eigenvalue weighted by atomic mass is 10.1. The van der Waals surface area contributed by atoms with Crippen LogP contribution < -0.4 is 10.1 Å². The minimum atomic E-state index is -2.88. The van der Waals surface area contributed by atoms with Gasteiger partial charge in [0, 0.05) is 12.1 Å². The number of ether oxygens (including phenoxy) is 1. The molecule has 0 aliphatic heterocycles. The molecule has 6 heteroatoms. The lowest BCUT2D eigenvalue weighted by Crippen LogP contribution is -2.34. The zero-order chi connectivity index (χ0) is 17.5. The highest BCUT2D eigenvalue weighted by atomic mass is 19.3. The molecule has 0 radical (unpaired) electrons. The molecule has 1 amide bonds. The number of carbonyl (C=O) groups is 1. The summed E-state index contributed by atoms with van der Waals surface area (Å²) in [7, 11) is 3.89. The summed E-state index contributed by atoms with van der Waals surface area (Å²) in [5.74, 6) is -0.238. The first-order valence-corrected chi connectivity index (χ1v) is 7.52. The van der Waals surface area contributed by atoms with Gasteiger partial charge < -0.3 is 15.0 Å². The topological polar surface area (TPSA) is 41.6 Å². The SMILES string of the molecule is CN(C)[C@@H](CNC(=O)c1ccc(OC(F)F)cc1)c1ccccc1. The molecule has 0 aromatic heterocycles. The van der Waals surface area contributed by atoms with Crippen molar-refractivity contribution in [2.24, 2.45) is 0 Å². The number of carbonyl (C=O) groups excluding carboxylic acids is 1. The maximum atomic E-state index is 12.2. The second kappa shape index (κ2) is 8.40. The number of benzene rings is 2. The van der Waals surface area contributed by atoms with Crippen molar-refractivity contribution in [3.8, 4) is 5.75 Å². The first kappa shape index (κ1) is 17.9. The minimum absolute atomic E-state index is 0.0250. The van der Waals surface area contributed by atoms with Crippen LogP contribution in [0, 0.1) is 0 Å². The van der Waals surface area contributed by atoms with E-state index in [2.05, 4.69) is 10.1 Å². The molecular weight excluding hydrogens is 314 g/mol. The van der Waals surface area contributed by atoms with Crippen LogP contribution in [0.25, 0.3) is 0 Å². The number of likely N-dealkylation sites (N-methyl/N-ethyl adjacent to an activating group) is 1. The summed E-state index contributed by atoms with van der Waals surface area (Å²) in [6, 6.07) is 15.5. The molecule has 0 aliphatic rings. The summed E-state index contributed by atoms with van der Waals surface area (Å²) >= 11 is 0. The van der Waals surface area contributed by atoms with Gasteiger partial charge >= 0.3 is 6.61 Å². The number of halogens is 2. The molecular formula is C18H20F2N2O2. The Labute approximate surface area is 140 Å². The van der Waals surface area contributed by atoms with Gasteiger partial charge in [-0.05, 0) is 43.9 Å². The summed E-state index contributed by atoms with van der Waals surface area (Å²) in [5.41, 5.74) is 1.49. The lowest BCUT2D eigenvalue weighted by Gasteiger charge is -2.25. The first-order valence-electron chi connectivity index (χ1n) is 7.52. The molecule has 0 fully saturated rings. The Morgan fingerprint density at radius 3 is 2.25 bits per heavy atom. The third-order valence-corrected chi connectivity index (χ3v) is 3.61. The quantitative estimate of drug-likeness (QED) is 0.844. The number of amides is 1. The van der Waals surface area contributed by atoms with Gasteiger partial charge in [0.05, 0.1) is 6.04 Å². The summed E-state index contributed by atoms with van der Waals surface area (Å²) in [5, 5.41) is 2.87. The van der Waals surface area contributed by atoms with Crippen LogP contribution in [0.5, 0.6) is 5.75 Å². The molecule has 0 heterocycles. The third kappa shape index (κ3) is 5.03. The Morgan fingerprint density at radius 1 is 1.08 bits per heavy atom. The smallest absolute Gasteiger partial charge is 0.387 e. The number of hydrogen-bond donors (Lipinski definition) is 1. The zero-order valence-corrected chi connectivity index (χ0v) is 13.6. The highest BCUT2D eigenvalue weighted by Gasteiger charge is 2.15. The zero-order valence-electron chi connectivity index (χ0n) is 13.6. The van der Waals surface area contributed by atoms with Gasteiger partial charge in [0.15, 0.2) is 0 Å². The number of alkyl halides is 2. The van der Waals surface area contributed by atoms with Crippen molar-refractivity contribution < 1.29 is 18.3 Å². The molecule has 4 nitrogen and oxygen atoms in total. The van der Waals surface area contributed by atoms with Crippen molar-refractivity contribution >= 4 is 5.91 Å². The fourth-order valence-corrected chi connectivity index (χ4v) is 2.35. The van der Waals surface area contributed by atoms with Crippen LogP contribution in [0.3, 0.4) is 0 Å². The predicted molar refractivity (Wildman–Crippen MR) is 88.3 cm³/mol. The molecule has 1 atom stereocenters. The monoisotopic (exact) mass is 334 g/mol. The second-order valence-corrected chi connectivity index (χ2v) is 5.50. The summed E-state index contributed by atoms with van der Waals surface area (Å²) in [6.07, 6.45) is 0. The first-order chi connectivity index (χ1) is 11.5. The number of nitrogens with one attached hydrogen (secondary N) is 1. The van der Waals surface area contributed by atoms with Crippen LogP contribution in [0.4, 0.5) is 8.78 Å². The number of nitrogens with zero attached hydrogens (tertiary/aromatic N) is 1. The van der Waals surface area contributed by atoms with Crippen LogP contribution >= 0.6 is 0 Å². The average Bonchev–Trinajstić information content (AvgIpc) is 2.55. The number of rotatable bonds is 7. The van der Waals surface area contributed by atoms with E-state index in [0.717, 1.165) is 5.56 Å². The molecule has 0 spiro atoms. The maximum absolute atomic E-state index is 12.2. The van der Waals surface area contributed by atoms with E-state index in [4.69, 9.17) is 0 Å². The van der Waals surface area contributed by atoms with Crippen LogP contribution in [0.15, 0.2) is 54.6 Å². The van der Waals surface area contributed by atoms with Crippen LogP contribution in [0.2, 0.25) is 0 Å². The van der Waals surface area contributed by atoms with Gasteiger partial charge in [-0.25, -0.2) is 0 Å². The highest BCUT2D eigenvalue weighted by Crippen LogP contribution is 2.18. The van der Waals surface area contributed by atoms with E-state index in [-0.39, 0.29) is 17.7 Å². The van der Waals surface area contributed by atoms with Crippen molar-refractivity contribution in [1.29, 1.82) is 0 Å². The fraction of sp³-hybridized carbons (Fsp3) is 0.278. The van der Waals surface area contributed by atoms with Gasteiger partial charge in [0.1, 0.15) is 5.75 Å². The van der Waals surface area contributed by atoms with Gasteiger partial charge in [-0.1, -0.05) is 30.3 Å². The average molecular weight is 334 g/mol. The molecule has 24 heavy (non-hydrogen) atoms. The van der Waals surface area contributed by atoms with E-state index in [0.29, 0.717) is 12.1 Å². The summed E-state index contributed by atoms with van der Waals surface area (Å²) < 4.78 is 28.5. The van der Waals surface area contributed by atoms with E-state index in [9.17, 15) is 13.6 Å². The molecule has 0 aliphatic carbocycles. The molecule has 0 bridgehead atoms. The number of hydrogen-bond acceptors (Lipinski definition) is 3. The summed E-state index contributed by atoms with van der Waals surface area (Å²) in [4.78, 5) is 14.2. The van der Waals surface area contributed by atoms with Gasteiger partial charge in [0.25, 0.3) is 5.91 Å². The minimum Gasteiger partial charge on any atom is -0.435 e. The Balaban J connectivity index is 1.98. The molecule has 1 N–H and O–H groups in total. The molecule has 0 unspecified atom stereocenters. The Morgan fingerprint density at radius 2 is 1.71 bits per heavy atom. The van der Waals surface area contributed by atoms with Crippen molar-refractivity contribution in [3.63, 3.8) is 0 Å². The van der Waals surface area contributed by atoms with Crippen molar-refractivity contribution in [2.75, 3.05) is 20.6 Å². The van der Waals surface area contributed by atoms with Crippen molar-refractivity contribution in [2.45, 2.75) is 12.7 Å². The standard InChI is InChI=1S/C18H20F2N2O2/c1-22(2)16(13-6-4-3-5-7-13)12-21-17(23)14-8-10-15(11-9-14)24-18(19)20/h3-11,16,18H,12H2,1-2H3,(H,21,23)/t16-/m0/s1. The van der Waals surface area contributed by atoms with Crippen LogP contribution in [-0.2, 0) is 0 Å². The molecule has 2 rings (SSSR count). The second-order valence-electron chi connectivity index (χ2n) is 5.50. The third-order valence-electron chi connectivity index (χ3n) is 3.61. The molecule has 128 valence electrons. The molecule has 2 aromatic rings. The normalized spacial score (nSPS) is 12.2. The van der Waals surface area contributed by atoms with Crippen molar-refractivity contribution in [3.05, 3.63) is 65.7 Å². The molecule has 0 saturated heterocycles. The molecule has 0 saturated carbocycles. The largest absolute Gasteiger partial charge is 0.435 e. The molecule has 2 aromatic carbocycles. The van der Waals surface area contributed by atoms with E-state index in [1.807, 2.05) is 49.3 Å². The Hall–Kier alpha value is -2.47. The van der Waals surface area contributed by atoms with E-state index in [1.54, 1.807) is 0 Å². The van der Waals surface area contributed by atoms with Crippen LogP contribution in [-0.4, -0.2) is 38.1 Å². The van der Waals surface area contributed by atoms with Crippen molar-refractivity contribution in [1.82, 2.24) is 10.2 Å². The van der Waals surface area contributed by atoms with E-state index >= 15 is 0 Å². The predicted octanol–water partition coefficient (Wildman–Crippen LogP) is 3.32. The van der Waals surface area contributed by atoms with Gasteiger partial charge in [-0.3, -0.25) is 4.79 Å². The summed E-state index contributed by atoms with van der Waals surface area (Å²) in [6.45, 7) is -2.44. The van der Waals surface area contributed by atoms with Crippen LogP contribution in [0.1, 0.15) is 22.0 Å². The van der Waals surface area contributed by atoms with E-state index in [1.165, 1.54) is 24.3 Å². The van der Waals surface area contributed by atoms with E-state index < -0.39 is 6.61 Å². The fourth-order valence-electron chi connectivity index (χ4n) is 2.35. The van der Waals surface area contributed by atoms with Gasteiger partial charge in [-0.15, -0.1) is 0 Å². The highest BCUT2D eigenvalue weighted by molar-refractivity contribution is 5.94. The Kier molecular flexibility index (Phi) is 6.26. The van der Waals surface area contributed by atoms with Gasteiger partial charge in [-0.2, -0.15) is 8.78 Å². The maximum Gasteiger partial charge on any atom is 0.387 e. The lowest BCUT2D eigenvalue weighted by molar-refractivity contribution is -0.0498.